The lowest BCUT2D eigenvalue weighted by Gasteiger charge is -2.33. The Bertz CT molecular complexity index is 396. The summed E-state index contributed by atoms with van der Waals surface area (Å²) in [4.78, 5) is 12.0. The quantitative estimate of drug-likeness (QED) is 0.340. The fourth-order valence-corrected chi connectivity index (χ4v) is 8.81. The van der Waals surface area contributed by atoms with Crippen molar-refractivity contribution in [2.75, 3.05) is 23.0 Å². The van der Waals surface area contributed by atoms with Gasteiger partial charge in [-0.15, -0.1) is 0 Å². The number of carbonyl (C=O) groups excluding carboxylic acids is 1. The number of Topliss-reactive ketones (excluding diaryl/α,β-unsaturated/α-hetero) is 1. The van der Waals surface area contributed by atoms with E-state index in [1.807, 2.05) is 13.8 Å². The van der Waals surface area contributed by atoms with Gasteiger partial charge in [-0.3, -0.25) is 8.42 Å². The topological polar surface area (TPSA) is 64.0 Å². The van der Waals surface area contributed by atoms with Crippen molar-refractivity contribution in [1.82, 2.24) is 0 Å². The molecule has 0 saturated carbocycles. The van der Waals surface area contributed by atoms with Crippen LogP contribution >= 0.6 is 10.3 Å². The van der Waals surface area contributed by atoms with Crippen LogP contribution in [-0.2, 0) is 14.9 Å². The van der Waals surface area contributed by atoms with E-state index in [0.717, 1.165) is 43.6 Å². The van der Waals surface area contributed by atoms with Crippen molar-refractivity contribution in [3.8, 4) is 0 Å². The molecule has 0 fully saturated rings. The first-order valence-electron chi connectivity index (χ1n) is 8.59. The monoisotopic (exact) mass is 355 g/mol. The van der Waals surface area contributed by atoms with Crippen molar-refractivity contribution < 1.29 is 16.8 Å². The molecule has 0 heterocycles. The number of hydrogen-bond donors (Lipinski definition) is 0. The van der Waals surface area contributed by atoms with Crippen LogP contribution in [-0.4, -0.2) is 40.8 Å². The molecule has 0 atom stereocenters. The molecule has 1 N–H and O–H groups in total. The predicted octanol–water partition coefficient (Wildman–Crippen LogP) is 4.51. The molecule has 0 aliphatic heterocycles. The van der Waals surface area contributed by atoms with Crippen LogP contribution in [0, 0.1) is 0 Å². The van der Waals surface area contributed by atoms with Gasteiger partial charge >= 0.3 is 10.1 Å². The molecule has 22 heavy (non-hydrogen) atoms. The molecule has 0 unspecified atom stereocenters. The van der Waals surface area contributed by atoms with Gasteiger partial charge in [-0.2, -0.15) is 8.42 Å². The van der Waals surface area contributed by atoms with E-state index in [1.165, 1.54) is 0 Å². The summed E-state index contributed by atoms with van der Waals surface area (Å²) in [6.07, 6.45) is 5.86. The number of unbranched alkanes of at least 4 members (excludes halogenated alkanes) is 3. The average molecular weight is 356 g/mol. The fourth-order valence-electron chi connectivity index (χ4n) is 2.18. The Morgan fingerprint density at radius 2 is 1.27 bits per heavy atom. The number of carbonyl (C=O) groups is 1. The van der Waals surface area contributed by atoms with Crippen molar-refractivity contribution in [2.24, 2.45) is 0 Å². The van der Waals surface area contributed by atoms with E-state index < -0.39 is 20.4 Å². The molecule has 0 amide bonds. The Hall–Kier alpha value is -0.0700. The van der Waals surface area contributed by atoms with Gasteiger partial charge in [0, 0.05) is 17.9 Å². The summed E-state index contributed by atoms with van der Waals surface area (Å²) in [7, 11) is -5.14. The zero-order valence-electron chi connectivity index (χ0n) is 14.8. The molecule has 4 nitrogen and oxygen atoms in total. The Labute approximate surface area is 139 Å². The van der Waals surface area contributed by atoms with Gasteiger partial charge in [-0.1, -0.05) is 47.0 Å². The van der Waals surface area contributed by atoms with Crippen molar-refractivity contribution in [2.45, 2.75) is 72.6 Å². The van der Waals surface area contributed by atoms with E-state index in [-0.39, 0.29) is 11.5 Å². The van der Waals surface area contributed by atoms with E-state index in [2.05, 4.69) is 17.5 Å². The predicted molar refractivity (Wildman–Crippen MR) is 98.6 cm³/mol. The lowest BCUT2D eigenvalue weighted by atomic mass is 10.4. The highest BCUT2D eigenvalue weighted by Crippen LogP contribution is 2.50. The molecule has 0 aromatic rings. The highest BCUT2D eigenvalue weighted by Gasteiger charge is 2.37. The molecule has 0 saturated heterocycles. The Morgan fingerprint density at radius 3 is 1.68 bits per heavy atom. The van der Waals surface area contributed by atoms with Crippen LogP contribution < -0.4 is 0 Å². The second kappa shape index (κ2) is 11.5. The number of hydrogen-bond acceptors (Lipinski definition) is 3. The van der Waals surface area contributed by atoms with Gasteiger partial charge in [0.05, 0.1) is 5.75 Å². The summed E-state index contributed by atoms with van der Waals surface area (Å²) in [6, 6.07) is 0. The first kappa shape index (κ1) is 21.9. The van der Waals surface area contributed by atoms with Gasteiger partial charge in [0.1, 0.15) is 11.5 Å². The molecular formula is C16H35O4S2+. The molecule has 0 aliphatic carbocycles. The average Bonchev–Trinajstić information content (AvgIpc) is 2.48. The van der Waals surface area contributed by atoms with E-state index in [9.17, 15) is 13.2 Å². The molecule has 0 aliphatic rings. The van der Waals surface area contributed by atoms with Crippen LogP contribution in [0.25, 0.3) is 0 Å². The van der Waals surface area contributed by atoms with Crippen molar-refractivity contribution in [3.63, 3.8) is 0 Å². The molecule has 0 radical (unpaired) electrons. The highest BCUT2D eigenvalue weighted by atomic mass is 32.3. The van der Waals surface area contributed by atoms with Crippen LogP contribution in [0.1, 0.15) is 72.6 Å². The van der Waals surface area contributed by atoms with Crippen LogP contribution in [0.15, 0.2) is 0 Å². The Morgan fingerprint density at radius 1 is 0.818 bits per heavy atom. The second-order valence-electron chi connectivity index (χ2n) is 5.87. The van der Waals surface area contributed by atoms with Gasteiger partial charge in [-0.05, 0) is 29.6 Å². The third kappa shape index (κ3) is 9.16. The van der Waals surface area contributed by atoms with E-state index in [4.69, 9.17) is 0 Å². The number of rotatable bonds is 14. The molecule has 0 aromatic carbocycles. The summed E-state index contributed by atoms with van der Waals surface area (Å²) in [5.74, 6) is 2.18. The molecular weight excluding hydrogens is 320 g/mol. The van der Waals surface area contributed by atoms with Crippen molar-refractivity contribution in [3.05, 3.63) is 0 Å². The Balaban J connectivity index is 5.24. The molecule has 0 bridgehead atoms. The fraction of sp³-hybridized carbons (Fsp3) is 0.938. The van der Waals surface area contributed by atoms with E-state index >= 15 is 0 Å². The molecule has 6 heteroatoms. The first-order chi connectivity index (χ1) is 10.3. The SMILES string of the molecule is CCCCS(CCCC)(CC(=O)CC)[OH+]S(=O)(=O)CCCC. The van der Waals surface area contributed by atoms with Gasteiger partial charge in [0.25, 0.3) is 0 Å². The van der Waals surface area contributed by atoms with E-state index in [1.54, 1.807) is 0 Å². The van der Waals surface area contributed by atoms with Crippen LogP contribution in [0.3, 0.4) is 0 Å². The third-order valence-electron chi connectivity index (χ3n) is 3.61. The lowest BCUT2D eigenvalue weighted by molar-refractivity contribution is -0.116. The zero-order chi connectivity index (χ0) is 17.1. The summed E-state index contributed by atoms with van der Waals surface area (Å²) < 4.78 is 29.1. The lowest BCUT2D eigenvalue weighted by Crippen LogP contribution is -2.29. The Kier molecular flexibility index (Phi) is 11.4. The minimum absolute atomic E-state index is 0.122. The summed E-state index contributed by atoms with van der Waals surface area (Å²) >= 11 is 0. The van der Waals surface area contributed by atoms with Crippen LogP contribution in [0.2, 0.25) is 0 Å². The summed E-state index contributed by atoms with van der Waals surface area (Å²) in [5.41, 5.74) is 0. The zero-order valence-corrected chi connectivity index (χ0v) is 16.4. The van der Waals surface area contributed by atoms with Crippen molar-refractivity contribution in [1.29, 1.82) is 0 Å². The van der Waals surface area contributed by atoms with E-state index in [0.29, 0.717) is 18.6 Å². The molecule has 0 spiro atoms. The standard InChI is InChI=1S/C16H34O4S2/c1-5-9-12-21(13-10-6-2,15-16(17)8-4)20-22(18,19)14-11-7-3/h5-15H2,1-4H3/p+1. The van der Waals surface area contributed by atoms with Gasteiger partial charge in [0.2, 0.25) is 0 Å². The maximum absolute atomic E-state index is 12.3. The molecule has 134 valence electrons. The van der Waals surface area contributed by atoms with Crippen LogP contribution in [0.5, 0.6) is 0 Å². The maximum Gasteiger partial charge on any atom is 0.390 e. The smallest absolute Gasteiger partial charge is 0.299 e. The normalized spacial score (nSPS) is 13.3. The minimum atomic E-state index is -3.41. The third-order valence-corrected chi connectivity index (χ3v) is 9.54. The first-order valence-corrected chi connectivity index (χ1v) is 12.3. The highest BCUT2D eigenvalue weighted by molar-refractivity contribution is 8.32. The number of ketones is 1. The second-order valence-corrected chi connectivity index (χ2v) is 11.1. The van der Waals surface area contributed by atoms with Crippen LogP contribution in [0.4, 0.5) is 0 Å². The molecule has 0 aromatic heterocycles. The molecule has 0 rings (SSSR count). The minimum Gasteiger partial charge on any atom is -0.299 e. The van der Waals surface area contributed by atoms with Gasteiger partial charge in [0.15, 0.2) is 0 Å². The van der Waals surface area contributed by atoms with Gasteiger partial charge < -0.3 is 0 Å². The summed E-state index contributed by atoms with van der Waals surface area (Å²) in [5, 5.41) is 0. The summed E-state index contributed by atoms with van der Waals surface area (Å²) in [6.45, 7) is 8.01. The van der Waals surface area contributed by atoms with Crippen molar-refractivity contribution >= 4 is 26.2 Å². The maximum atomic E-state index is 12.3. The largest absolute Gasteiger partial charge is 0.390 e. The van der Waals surface area contributed by atoms with Gasteiger partial charge in [-0.25, -0.2) is 0 Å².